The second kappa shape index (κ2) is 20.2. The standard InChI is InChI=1S/C47H58N2O10/c1-6-23-56-47-43(49(3)44(53)25-31-13-12-15-34(24-31)54-4)29-40(48-57-7-2)38-27-32(14-8-10-21-50)37(16-9-11-22-51)45(46(38)47)39-28-36(18-20-42(39)59-47)58-35-17-19-41(55-5)33(26-35)30-52/h6,12-13,15,17-20,24,26-28,30,32,37,43,45-46,50-51H,1,7-11,14,16,21-23,25,29H2,2-5H3. The van der Waals surface area contributed by atoms with E-state index in [0.717, 1.165) is 54.4 Å². The van der Waals surface area contributed by atoms with Crippen LogP contribution in [0.1, 0.15) is 79.3 Å². The molecule has 6 unspecified atom stereocenters. The fourth-order valence-electron chi connectivity index (χ4n) is 9.19. The Kier molecular flexibility index (Phi) is 14.9. The predicted octanol–water partition coefficient (Wildman–Crippen LogP) is 7.66. The summed E-state index contributed by atoms with van der Waals surface area (Å²) >= 11 is 0. The fraction of sp³-hybridized carbons (Fsp3) is 0.468. The van der Waals surface area contributed by atoms with Crippen molar-refractivity contribution in [2.45, 2.75) is 76.0 Å². The average Bonchev–Trinajstić information content (AvgIpc) is 3.25. The number of nitrogens with zero attached hydrogens (tertiary/aromatic N) is 2. The van der Waals surface area contributed by atoms with Gasteiger partial charge >= 0.3 is 0 Å². The summed E-state index contributed by atoms with van der Waals surface area (Å²) in [5.74, 6) is 0.702. The summed E-state index contributed by atoms with van der Waals surface area (Å²) in [4.78, 5) is 33.9. The van der Waals surface area contributed by atoms with Crippen LogP contribution in [0.3, 0.4) is 0 Å². The van der Waals surface area contributed by atoms with Crippen LogP contribution in [0.2, 0.25) is 0 Å². The van der Waals surface area contributed by atoms with Crippen molar-refractivity contribution in [2.24, 2.45) is 22.9 Å². The first-order valence-corrected chi connectivity index (χ1v) is 20.7. The summed E-state index contributed by atoms with van der Waals surface area (Å²) in [6.07, 6.45) is 9.74. The SMILES string of the molecule is C=CCOC12Oc3ccc(Oc4ccc(OC)c(C=O)c4)cc3C3C(CCCCO)C(CCCCO)C=C(C(=NOCC)CC1N(C)C(=O)Cc1cccc(OC)c1)C32. The number of aldehydes is 1. The number of amides is 1. The maximum absolute atomic E-state index is 14.4. The maximum Gasteiger partial charge on any atom is 0.239 e. The number of allylic oxidation sites excluding steroid dienone is 1. The summed E-state index contributed by atoms with van der Waals surface area (Å²) in [6.45, 7) is 6.59. The lowest BCUT2D eigenvalue weighted by Gasteiger charge is -2.59. The van der Waals surface area contributed by atoms with E-state index in [1.807, 2.05) is 49.4 Å². The molecular weight excluding hydrogens is 753 g/mol. The highest BCUT2D eigenvalue weighted by Gasteiger charge is 2.65. The van der Waals surface area contributed by atoms with Crippen LogP contribution in [0, 0.1) is 17.8 Å². The number of carbonyl (C=O) groups is 2. The van der Waals surface area contributed by atoms with Gasteiger partial charge in [0.05, 0.1) is 44.4 Å². The third kappa shape index (κ3) is 9.35. The van der Waals surface area contributed by atoms with E-state index < -0.39 is 17.7 Å². The Morgan fingerprint density at radius 3 is 2.46 bits per heavy atom. The van der Waals surface area contributed by atoms with E-state index >= 15 is 0 Å². The van der Waals surface area contributed by atoms with E-state index in [-0.39, 0.29) is 49.9 Å². The molecule has 1 heterocycles. The molecule has 1 saturated carbocycles. The van der Waals surface area contributed by atoms with Gasteiger partial charge in [-0.15, -0.1) is 6.58 Å². The van der Waals surface area contributed by atoms with Gasteiger partial charge in [0.2, 0.25) is 11.7 Å². The van der Waals surface area contributed by atoms with Crippen LogP contribution in [0.5, 0.6) is 28.7 Å². The van der Waals surface area contributed by atoms with Gasteiger partial charge in [0.1, 0.15) is 41.4 Å². The van der Waals surface area contributed by atoms with Crippen LogP contribution >= 0.6 is 0 Å². The molecule has 6 rings (SSSR count). The molecular formula is C47H58N2O10. The first-order chi connectivity index (χ1) is 28.7. The number of fused-ring (bicyclic) bond motifs is 2. The minimum absolute atomic E-state index is 0.0473. The lowest BCUT2D eigenvalue weighted by atomic mass is 9.55. The zero-order valence-corrected chi connectivity index (χ0v) is 34.6. The number of hydrogen-bond donors (Lipinski definition) is 2. The number of methoxy groups -OCH3 is 2. The molecule has 3 aromatic rings. The lowest BCUT2D eigenvalue weighted by molar-refractivity contribution is -0.255. The number of benzene rings is 3. The zero-order chi connectivity index (χ0) is 41.9. The van der Waals surface area contributed by atoms with Gasteiger partial charge in [-0.25, -0.2) is 0 Å². The molecule has 0 aromatic heterocycles. The molecule has 0 spiro atoms. The van der Waals surface area contributed by atoms with E-state index in [2.05, 4.69) is 12.7 Å². The average molecular weight is 811 g/mol. The summed E-state index contributed by atoms with van der Waals surface area (Å²) < 4.78 is 31.5. The van der Waals surface area contributed by atoms with Gasteiger partial charge in [0.15, 0.2) is 6.29 Å². The van der Waals surface area contributed by atoms with Crippen molar-refractivity contribution in [1.29, 1.82) is 0 Å². The highest BCUT2D eigenvalue weighted by molar-refractivity contribution is 6.03. The highest BCUT2D eigenvalue weighted by atomic mass is 16.7. The number of likely N-dealkylation sites (N-methyl/N-ethyl adjacent to an activating group) is 1. The van der Waals surface area contributed by atoms with Crippen LogP contribution in [-0.2, 0) is 20.8 Å². The smallest absolute Gasteiger partial charge is 0.239 e. The minimum Gasteiger partial charge on any atom is -0.497 e. The van der Waals surface area contributed by atoms with E-state index in [1.165, 1.54) is 7.11 Å². The molecule has 0 saturated heterocycles. The van der Waals surface area contributed by atoms with Gasteiger partial charge in [-0.1, -0.05) is 42.3 Å². The van der Waals surface area contributed by atoms with Crippen molar-refractivity contribution >= 4 is 17.9 Å². The highest BCUT2D eigenvalue weighted by Crippen LogP contribution is 2.62. The van der Waals surface area contributed by atoms with Gasteiger partial charge in [-0.05, 0) is 104 Å². The molecule has 0 bridgehead atoms. The molecule has 6 atom stereocenters. The van der Waals surface area contributed by atoms with E-state index in [4.69, 9.17) is 33.7 Å². The Labute approximate surface area is 347 Å². The van der Waals surface area contributed by atoms with Crippen LogP contribution in [0.25, 0.3) is 0 Å². The summed E-state index contributed by atoms with van der Waals surface area (Å²) in [5, 5.41) is 24.5. The van der Waals surface area contributed by atoms with E-state index in [9.17, 15) is 19.8 Å². The molecule has 1 aliphatic heterocycles. The number of unbranched alkanes of at least 4 members (excludes halogenated alkanes) is 2. The number of oxime groups is 1. The van der Waals surface area contributed by atoms with Crippen LogP contribution < -0.4 is 18.9 Å². The molecule has 2 aliphatic carbocycles. The van der Waals surface area contributed by atoms with Crippen LogP contribution in [0.15, 0.2) is 90.1 Å². The molecule has 3 aliphatic rings. The van der Waals surface area contributed by atoms with E-state index in [0.29, 0.717) is 60.2 Å². The number of rotatable bonds is 21. The summed E-state index contributed by atoms with van der Waals surface area (Å²) in [5.41, 5.74) is 3.78. The minimum atomic E-state index is -1.37. The first-order valence-electron chi connectivity index (χ1n) is 20.7. The molecule has 1 amide bonds. The topological polar surface area (TPSA) is 146 Å². The predicted molar refractivity (Wildman–Crippen MR) is 225 cm³/mol. The lowest BCUT2D eigenvalue weighted by Crippen LogP contribution is -2.69. The second-order valence-corrected chi connectivity index (χ2v) is 15.3. The molecule has 3 aromatic carbocycles. The third-order valence-corrected chi connectivity index (χ3v) is 11.9. The number of aliphatic hydroxyl groups is 2. The third-order valence-electron chi connectivity index (χ3n) is 11.9. The van der Waals surface area contributed by atoms with E-state index in [1.54, 1.807) is 43.3 Å². The number of hydrogen-bond acceptors (Lipinski definition) is 11. The number of aliphatic hydroxyl groups excluding tert-OH is 2. The zero-order valence-electron chi connectivity index (χ0n) is 34.6. The summed E-state index contributed by atoms with van der Waals surface area (Å²) in [7, 11) is 4.91. The quantitative estimate of drug-likeness (QED) is 0.0476. The van der Waals surface area contributed by atoms with Gasteiger partial charge in [-0.2, -0.15) is 0 Å². The summed E-state index contributed by atoms with van der Waals surface area (Å²) in [6, 6.07) is 17.7. The molecule has 59 heavy (non-hydrogen) atoms. The Balaban J connectivity index is 1.53. The Morgan fingerprint density at radius 2 is 1.75 bits per heavy atom. The van der Waals surface area contributed by atoms with Crippen molar-refractivity contribution < 1.29 is 48.3 Å². The van der Waals surface area contributed by atoms with Gasteiger partial charge in [0, 0.05) is 38.2 Å². The first kappa shape index (κ1) is 43.4. The number of carbonyl (C=O) groups excluding carboxylic acids is 2. The van der Waals surface area contributed by atoms with Gasteiger partial charge in [0.25, 0.3) is 0 Å². The molecule has 2 N–H and O–H groups in total. The number of ether oxygens (including phenoxy) is 5. The van der Waals surface area contributed by atoms with Crippen molar-refractivity contribution in [3.8, 4) is 28.7 Å². The van der Waals surface area contributed by atoms with Crippen LogP contribution in [0.4, 0.5) is 0 Å². The Hall–Kier alpha value is -5.17. The van der Waals surface area contributed by atoms with Gasteiger partial charge < -0.3 is 43.6 Å². The molecule has 1 fully saturated rings. The van der Waals surface area contributed by atoms with Crippen molar-refractivity contribution in [1.82, 2.24) is 4.90 Å². The Morgan fingerprint density at radius 1 is 0.983 bits per heavy atom. The molecule has 12 nitrogen and oxygen atoms in total. The normalized spacial score (nSPS) is 23.5. The van der Waals surface area contributed by atoms with Crippen molar-refractivity contribution in [2.75, 3.05) is 47.7 Å². The Bertz CT molecular complexity index is 2000. The van der Waals surface area contributed by atoms with Crippen molar-refractivity contribution in [3.05, 3.63) is 102 Å². The van der Waals surface area contributed by atoms with Crippen molar-refractivity contribution in [3.63, 3.8) is 0 Å². The maximum atomic E-state index is 14.4. The van der Waals surface area contributed by atoms with Crippen LogP contribution in [-0.4, -0.2) is 92.5 Å². The monoisotopic (exact) mass is 810 g/mol. The fourth-order valence-corrected chi connectivity index (χ4v) is 9.19. The molecule has 316 valence electrons. The largest absolute Gasteiger partial charge is 0.497 e. The van der Waals surface area contributed by atoms with Gasteiger partial charge in [-0.3, -0.25) is 9.59 Å². The second-order valence-electron chi connectivity index (χ2n) is 15.3. The molecule has 0 radical (unpaired) electrons. The molecule has 12 heteroatoms.